The van der Waals surface area contributed by atoms with Crippen molar-refractivity contribution in [2.45, 2.75) is 82.4 Å². The molecule has 0 aromatic heterocycles. The number of hydrogen-bond acceptors (Lipinski definition) is 2. The molecule has 3 rings (SSSR count). The molecule has 4 atom stereocenters. The van der Waals surface area contributed by atoms with E-state index in [2.05, 4.69) is 5.32 Å². The van der Waals surface area contributed by atoms with E-state index in [0.29, 0.717) is 6.10 Å². The van der Waals surface area contributed by atoms with Gasteiger partial charge in [0.05, 0.1) is 6.10 Å². The summed E-state index contributed by atoms with van der Waals surface area (Å²) in [5, 5.41) is 3.90. The van der Waals surface area contributed by atoms with Crippen LogP contribution in [0.4, 0.5) is 0 Å². The van der Waals surface area contributed by atoms with E-state index in [1.165, 1.54) is 64.2 Å². The van der Waals surface area contributed by atoms with Gasteiger partial charge in [-0.25, -0.2) is 0 Å². The average Bonchev–Trinajstić information content (AvgIpc) is 2.98. The van der Waals surface area contributed by atoms with E-state index in [1.54, 1.807) is 0 Å². The van der Waals surface area contributed by atoms with Gasteiger partial charge in [-0.3, -0.25) is 0 Å². The van der Waals surface area contributed by atoms with Crippen LogP contribution in [0.5, 0.6) is 0 Å². The van der Waals surface area contributed by atoms with Crippen LogP contribution in [0.2, 0.25) is 0 Å². The van der Waals surface area contributed by atoms with Crippen molar-refractivity contribution in [3.63, 3.8) is 0 Å². The molecular weight excluding hydrogens is 210 g/mol. The van der Waals surface area contributed by atoms with Gasteiger partial charge in [0.1, 0.15) is 0 Å². The Balaban J connectivity index is 1.34. The Morgan fingerprint density at radius 1 is 0.941 bits per heavy atom. The highest BCUT2D eigenvalue weighted by molar-refractivity contribution is 4.90. The number of hydrogen-bond donors (Lipinski definition) is 1. The van der Waals surface area contributed by atoms with E-state index in [9.17, 15) is 0 Å². The molecule has 0 bridgehead atoms. The summed E-state index contributed by atoms with van der Waals surface area (Å²) in [6, 6.07) is 1.69. The normalized spacial score (nSPS) is 41.6. The largest absolute Gasteiger partial charge is 0.378 e. The summed E-state index contributed by atoms with van der Waals surface area (Å²) >= 11 is 0. The Morgan fingerprint density at radius 3 is 2.82 bits per heavy atom. The maximum absolute atomic E-state index is 5.69. The van der Waals surface area contributed by atoms with E-state index in [1.807, 2.05) is 0 Å². The number of nitrogens with one attached hydrogen (secondary N) is 1. The summed E-state index contributed by atoms with van der Waals surface area (Å²) in [5.74, 6) is 1.02. The molecule has 0 aromatic rings. The number of rotatable bonds is 4. The third-order valence-electron chi connectivity index (χ3n) is 5.10. The van der Waals surface area contributed by atoms with Gasteiger partial charge in [-0.1, -0.05) is 6.42 Å². The second-order valence-electron chi connectivity index (χ2n) is 6.30. The zero-order valence-electron chi connectivity index (χ0n) is 11.0. The number of fused-ring (bicyclic) bond motifs is 1. The van der Waals surface area contributed by atoms with Crippen molar-refractivity contribution in [3.8, 4) is 0 Å². The lowest BCUT2D eigenvalue weighted by molar-refractivity contribution is 0.100. The lowest BCUT2D eigenvalue weighted by Gasteiger charge is -2.33. The Kier molecular flexibility index (Phi) is 4.02. The zero-order valence-corrected chi connectivity index (χ0v) is 11.0. The second-order valence-corrected chi connectivity index (χ2v) is 6.30. The molecule has 0 aromatic carbocycles. The Hall–Kier alpha value is -0.0800. The highest BCUT2D eigenvalue weighted by Gasteiger charge is 2.32. The minimum Gasteiger partial charge on any atom is -0.378 e. The maximum Gasteiger partial charge on any atom is 0.0576 e. The third kappa shape index (κ3) is 3.03. The van der Waals surface area contributed by atoms with Gasteiger partial charge in [-0.2, -0.15) is 0 Å². The van der Waals surface area contributed by atoms with Crippen molar-refractivity contribution >= 4 is 0 Å². The first-order valence-corrected chi connectivity index (χ1v) is 7.79. The van der Waals surface area contributed by atoms with Gasteiger partial charge in [0, 0.05) is 18.7 Å². The van der Waals surface area contributed by atoms with Crippen LogP contribution < -0.4 is 5.32 Å². The van der Waals surface area contributed by atoms with Crippen molar-refractivity contribution in [3.05, 3.63) is 0 Å². The molecule has 0 radical (unpaired) electrons. The SMILES string of the molecule is C1COC(CCCC2CCC3CCCC3N2)C1. The summed E-state index contributed by atoms with van der Waals surface area (Å²) in [6.45, 7) is 1.01. The first kappa shape index (κ1) is 12.0. The van der Waals surface area contributed by atoms with E-state index in [4.69, 9.17) is 4.74 Å². The summed E-state index contributed by atoms with van der Waals surface area (Å²) in [4.78, 5) is 0. The summed E-state index contributed by atoms with van der Waals surface area (Å²) < 4.78 is 5.69. The Bertz CT molecular complexity index is 237. The van der Waals surface area contributed by atoms with Crippen LogP contribution in [0, 0.1) is 5.92 Å². The maximum atomic E-state index is 5.69. The van der Waals surface area contributed by atoms with Gasteiger partial charge >= 0.3 is 0 Å². The fourth-order valence-corrected chi connectivity index (χ4v) is 4.09. The van der Waals surface area contributed by atoms with Crippen LogP contribution in [-0.2, 0) is 4.74 Å². The summed E-state index contributed by atoms with van der Waals surface area (Å²) in [6.07, 6.45) is 14.5. The van der Waals surface area contributed by atoms with Gasteiger partial charge < -0.3 is 10.1 Å². The molecule has 98 valence electrons. The molecule has 2 saturated heterocycles. The molecule has 3 aliphatic rings. The van der Waals surface area contributed by atoms with E-state index >= 15 is 0 Å². The predicted molar refractivity (Wildman–Crippen MR) is 70.1 cm³/mol. The van der Waals surface area contributed by atoms with Crippen LogP contribution in [0.15, 0.2) is 0 Å². The predicted octanol–water partition coefficient (Wildman–Crippen LogP) is 3.26. The molecule has 17 heavy (non-hydrogen) atoms. The molecule has 4 unspecified atom stereocenters. The molecule has 1 N–H and O–H groups in total. The smallest absolute Gasteiger partial charge is 0.0576 e. The fourth-order valence-electron chi connectivity index (χ4n) is 4.09. The fraction of sp³-hybridized carbons (Fsp3) is 1.00. The zero-order chi connectivity index (χ0) is 11.5. The molecule has 0 spiro atoms. The quantitative estimate of drug-likeness (QED) is 0.810. The van der Waals surface area contributed by atoms with E-state index in [-0.39, 0.29) is 0 Å². The van der Waals surface area contributed by atoms with Crippen LogP contribution in [0.1, 0.15) is 64.2 Å². The van der Waals surface area contributed by atoms with Crippen LogP contribution in [0.3, 0.4) is 0 Å². The molecule has 3 fully saturated rings. The van der Waals surface area contributed by atoms with Gasteiger partial charge in [0.15, 0.2) is 0 Å². The van der Waals surface area contributed by atoms with Crippen molar-refractivity contribution in [2.75, 3.05) is 6.61 Å². The monoisotopic (exact) mass is 237 g/mol. The minimum absolute atomic E-state index is 0.595. The first-order chi connectivity index (χ1) is 8.42. The number of ether oxygens (including phenoxy) is 1. The van der Waals surface area contributed by atoms with Crippen molar-refractivity contribution in [1.82, 2.24) is 5.32 Å². The van der Waals surface area contributed by atoms with Crippen molar-refractivity contribution in [2.24, 2.45) is 5.92 Å². The number of piperidine rings is 1. The van der Waals surface area contributed by atoms with E-state index < -0.39 is 0 Å². The molecule has 2 heteroatoms. The van der Waals surface area contributed by atoms with Gasteiger partial charge in [0.25, 0.3) is 0 Å². The van der Waals surface area contributed by atoms with Gasteiger partial charge in [0.2, 0.25) is 0 Å². The Morgan fingerprint density at radius 2 is 1.94 bits per heavy atom. The van der Waals surface area contributed by atoms with Crippen LogP contribution in [0.25, 0.3) is 0 Å². The lowest BCUT2D eigenvalue weighted by atomic mass is 9.88. The van der Waals surface area contributed by atoms with Gasteiger partial charge in [-0.15, -0.1) is 0 Å². The lowest BCUT2D eigenvalue weighted by Crippen LogP contribution is -2.45. The topological polar surface area (TPSA) is 21.3 Å². The van der Waals surface area contributed by atoms with E-state index in [0.717, 1.165) is 24.6 Å². The average molecular weight is 237 g/mol. The molecule has 0 amide bonds. The van der Waals surface area contributed by atoms with Crippen LogP contribution in [-0.4, -0.2) is 24.8 Å². The van der Waals surface area contributed by atoms with Crippen LogP contribution >= 0.6 is 0 Å². The molecule has 2 nitrogen and oxygen atoms in total. The van der Waals surface area contributed by atoms with Crippen molar-refractivity contribution < 1.29 is 4.74 Å². The first-order valence-electron chi connectivity index (χ1n) is 7.79. The highest BCUT2D eigenvalue weighted by Crippen LogP contribution is 2.34. The van der Waals surface area contributed by atoms with Crippen molar-refractivity contribution in [1.29, 1.82) is 0 Å². The third-order valence-corrected chi connectivity index (χ3v) is 5.10. The molecule has 2 heterocycles. The minimum atomic E-state index is 0.595. The molecule has 2 aliphatic heterocycles. The molecule has 1 aliphatic carbocycles. The van der Waals surface area contributed by atoms with Gasteiger partial charge in [-0.05, 0) is 63.7 Å². The highest BCUT2D eigenvalue weighted by atomic mass is 16.5. The molecular formula is C15H27NO. The Labute approximate surface area is 105 Å². The summed E-state index contributed by atoms with van der Waals surface area (Å²) in [5.41, 5.74) is 0. The standard InChI is InChI=1S/C15H27NO/c1-4-12-9-10-13(16-15(12)8-1)5-2-6-14-7-3-11-17-14/h12-16H,1-11H2. The summed E-state index contributed by atoms with van der Waals surface area (Å²) in [7, 11) is 0. The second kappa shape index (κ2) is 5.71. The molecule has 1 saturated carbocycles.